The van der Waals surface area contributed by atoms with Crippen molar-refractivity contribution in [3.63, 3.8) is 0 Å². The number of hydrogen-bond acceptors (Lipinski definition) is 2. The van der Waals surface area contributed by atoms with Gasteiger partial charge in [-0.25, -0.2) is 0 Å². The van der Waals surface area contributed by atoms with Crippen molar-refractivity contribution in [3.05, 3.63) is 0 Å². The maximum absolute atomic E-state index is 12.1. The van der Waals surface area contributed by atoms with E-state index >= 15 is 0 Å². The summed E-state index contributed by atoms with van der Waals surface area (Å²) in [7, 11) is 0. The minimum atomic E-state index is -0.332. The zero-order chi connectivity index (χ0) is 10.3. The van der Waals surface area contributed by atoms with Gasteiger partial charge in [0, 0.05) is 17.8 Å². The average Bonchev–Trinajstić information content (AvgIpc) is 2.80. The second-order valence-electron chi connectivity index (χ2n) is 5.30. The smallest absolute Gasteiger partial charge is 0.142 e. The molecular formula is C12H18O2. The van der Waals surface area contributed by atoms with Crippen molar-refractivity contribution < 1.29 is 9.59 Å². The molecular weight excluding hydrogens is 176 g/mol. The van der Waals surface area contributed by atoms with Gasteiger partial charge in [-0.3, -0.25) is 9.59 Å². The van der Waals surface area contributed by atoms with Gasteiger partial charge in [0.25, 0.3) is 0 Å². The van der Waals surface area contributed by atoms with Crippen molar-refractivity contribution in [1.82, 2.24) is 0 Å². The Bertz CT molecular complexity index is 282. The molecule has 14 heavy (non-hydrogen) atoms. The summed E-state index contributed by atoms with van der Waals surface area (Å²) in [6.07, 6.45) is 4.78. The number of hydrogen-bond donors (Lipinski definition) is 0. The number of ketones is 2. The van der Waals surface area contributed by atoms with Crippen LogP contribution in [0.15, 0.2) is 0 Å². The third-order valence-electron chi connectivity index (χ3n) is 3.80. The SMILES string of the molecule is CC(=O)C[C@]1(C)CCC[C@@H]2C[C@@H]2C1=O. The van der Waals surface area contributed by atoms with Gasteiger partial charge in [-0.2, -0.15) is 0 Å². The molecule has 3 atom stereocenters. The monoisotopic (exact) mass is 194 g/mol. The van der Waals surface area contributed by atoms with Crippen LogP contribution in [0, 0.1) is 17.3 Å². The van der Waals surface area contributed by atoms with Crippen LogP contribution in [0.4, 0.5) is 0 Å². The van der Waals surface area contributed by atoms with Crippen LogP contribution >= 0.6 is 0 Å². The number of Topliss-reactive ketones (excluding diaryl/α,β-unsaturated/α-hetero) is 2. The normalized spacial score (nSPS) is 41.4. The van der Waals surface area contributed by atoms with E-state index in [1.807, 2.05) is 6.92 Å². The molecule has 2 saturated carbocycles. The molecule has 0 aliphatic heterocycles. The minimum absolute atomic E-state index is 0.153. The predicted molar refractivity (Wildman–Crippen MR) is 53.9 cm³/mol. The standard InChI is InChI=1S/C12H18O2/c1-8(13)7-12(2)5-3-4-9-6-10(9)11(12)14/h9-10H,3-7H2,1-2H3/t9-,10+,12+/m1/s1. The van der Waals surface area contributed by atoms with Crippen LogP contribution in [0.3, 0.4) is 0 Å². The van der Waals surface area contributed by atoms with E-state index in [1.165, 1.54) is 6.42 Å². The number of fused-ring (bicyclic) bond motifs is 1. The molecule has 0 heterocycles. The van der Waals surface area contributed by atoms with Crippen LogP contribution < -0.4 is 0 Å². The van der Waals surface area contributed by atoms with E-state index in [0.29, 0.717) is 24.0 Å². The van der Waals surface area contributed by atoms with E-state index in [0.717, 1.165) is 19.3 Å². The lowest BCUT2D eigenvalue weighted by Crippen LogP contribution is -2.30. The van der Waals surface area contributed by atoms with Crippen molar-refractivity contribution in [2.24, 2.45) is 17.3 Å². The topological polar surface area (TPSA) is 34.1 Å². The Balaban J connectivity index is 2.14. The summed E-state index contributed by atoms with van der Waals surface area (Å²) in [6.45, 7) is 3.57. The highest BCUT2D eigenvalue weighted by Gasteiger charge is 2.51. The highest BCUT2D eigenvalue weighted by molar-refractivity contribution is 5.93. The molecule has 0 unspecified atom stereocenters. The van der Waals surface area contributed by atoms with E-state index in [2.05, 4.69) is 0 Å². The molecule has 2 nitrogen and oxygen atoms in total. The van der Waals surface area contributed by atoms with Crippen molar-refractivity contribution in [2.45, 2.75) is 46.0 Å². The van der Waals surface area contributed by atoms with Gasteiger partial charge in [0.05, 0.1) is 0 Å². The molecule has 0 aromatic rings. The average molecular weight is 194 g/mol. The zero-order valence-electron chi connectivity index (χ0n) is 9.01. The van der Waals surface area contributed by atoms with Gasteiger partial charge in [0.2, 0.25) is 0 Å². The van der Waals surface area contributed by atoms with Crippen molar-refractivity contribution in [1.29, 1.82) is 0 Å². The lowest BCUT2D eigenvalue weighted by molar-refractivity contribution is -0.133. The molecule has 2 fully saturated rings. The summed E-state index contributed by atoms with van der Waals surface area (Å²) in [4.78, 5) is 23.2. The molecule has 0 amide bonds. The molecule has 0 aromatic heterocycles. The van der Waals surface area contributed by atoms with E-state index in [9.17, 15) is 9.59 Å². The molecule has 78 valence electrons. The fourth-order valence-electron chi connectivity index (χ4n) is 2.94. The maximum atomic E-state index is 12.1. The molecule has 0 radical (unpaired) electrons. The summed E-state index contributed by atoms with van der Waals surface area (Å²) in [6, 6.07) is 0. The van der Waals surface area contributed by atoms with Gasteiger partial charge in [0.15, 0.2) is 0 Å². The number of carbonyl (C=O) groups excluding carboxylic acids is 2. The first-order chi connectivity index (χ1) is 6.53. The molecule has 0 aromatic carbocycles. The highest BCUT2D eigenvalue weighted by Crippen LogP contribution is 2.52. The lowest BCUT2D eigenvalue weighted by atomic mass is 9.76. The van der Waals surface area contributed by atoms with Crippen molar-refractivity contribution in [2.75, 3.05) is 0 Å². The maximum Gasteiger partial charge on any atom is 0.142 e. The Morgan fingerprint density at radius 3 is 2.93 bits per heavy atom. The summed E-state index contributed by atoms with van der Waals surface area (Å²) in [5.74, 6) is 1.49. The largest absolute Gasteiger partial charge is 0.300 e. The van der Waals surface area contributed by atoms with E-state index in [-0.39, 0.29) is 11.2 Å². The summed E-state index contributed by atoms with van der Waals surface area (Å²) >= 11 is 0. The third-order valence-corrected chi connectivity index (χ3v) is 3.80. The van der Waals surface area contributed by atoms with Gasteiger partial charge >= 0.3 is 0 Å². The number of carbonyl (C=O) groups is 2. The van der Waals surface area contributed by atoms with Gasteiger partial charge in [-0.1, -0.05) is 13.3 Å². The van der Waals surface area contributed by atoms with Crippen LogP contribution in [0.5, 0.6) is 0 Å². The molecule has 0 N–H and O–H groups in total. The second-order valence-corrected chi connectivity index (χ2v) is 5.30. The third kappa shape index (κ3) is 1.62. The molecule has 2 heteroatoms. The molecule has 0 bridgehead atoms. The highest BCUT2D eigenvalue weighted by atomic mass is 16.1. The second kappa shape index (κ2) is 3.18. The fraction of sp³-hybridized carbons (Fsp3) is 0.833. The van der Waals surface area contributed by atoms with E-state index in [4.69, 9.17) is 0 Å². The van der Waals surface area contributed by atoms with Gasteiger partial charge < -0.3 is 0 Å². The Kier molecular flexibility index (Phi) is 2.24. The fourth-order valence-corrected chi connectivity index (χ4v) is 2.94. The van der Waals surface area contributed by atoms with E-state index < -0.39 is 0 Å². The van der Waals surface area contributed by atoms with Gasteiger partial charge in [-0.15, -0.1) is 0 Å². The quantitative estimate of drug-likeness (QED) is 0.676. The Hall–Kier alpha value is -0.660. The van der Waals surface area contributed by atoms with Crippen LogP contribution in [0.1, 0.15) is 46.0 Å². The predicted octanol–water partition coefficient (Wildman–Crippen LogP) is 2.36. The first-order valence-electron chi connectivity index (χ1n) is 5.57. The molecule has 2 aliphatic rings. The van der Waals surface area contributed by atoms with Crippen molar-refractivity contribution >= 4 is 11.6 Å². The van der Waals surface area contributed by atoms with Crippen LogP contribution in [0.25, 0.3) is 0 Å². The Morgan fingerprint density at radius 2 is 2.29 bits per heavy atom. The van der Waals surface area contributed by atoms with E-state index in [1.54, 1.807) is 6.92 Å². The van der Waals surface area contributed by atoms with Crippen LogP contribution in [-0.4, -0.2) is 11.6 Å². The minimum Gasteiger partial charge on any atom is -0.300 e. The molecule has 2 aliphatic carbocycles. The first-order valence-corrected chi connectivity index (χ1v) is 5.57. The Morgan fingerprint density at radius 1 is 1.57 bits per heavy atom. The van der Waals surface area contributed by atoms with Gasteiger partial charge in [-0.05, 0) is 32.1 Å². The Labute approximate surface area is 85.1 Å². The van der Waals surface area contributed by atoms with Crippen LogP contribution in [0.2, 0.25) is 0 Å². The van der Waals surface area contributed by atoms with Crippen molar-refractivity contribution in [3.8, 4) is 0 Å². The summed E-state index contributed by atoms with van der Waals surface area (Å²) in [5.41, 5.74) is -0.332. The number of rotatable bonds is 2. The van der Waals surface area contributed by atoms with Gasteiger partial charge in [0.1, 0.15) is 11.6 Å². The first kappa shape index (κ1) is 9.88. The summed E-state index contributed by atoms with van der Waals surface area (Å²) < 4.78 is 0. The van der Waals surface area contributed by atoms with Crippen LogP contribution in [-0.2, 0) is 9.59 Å². The lowest BCUT2D eigenvalue weighted by Gasteiger charge is -2.25. The molecule has 0 spiro atoms. The molecule has 0 saturated heterocycles. The molecule has 2 rings (SSSR count). The summed E-state index contributed by atoms with van der Waals surface area (Å²) in [5, 5.41) is 0. The zero-order valence-corrected chi connectivity index (χ0v) is 9.01.